The molecular formula is C19H19N3O3. The normalized spacial score (nSPS) is 14.7. The number of hydrazone groups is 1. The summed E-state index contributed by atoms with van der Waals surface area (Å²) in [6.07, 6.45) is 1.50. The molecule has 6 nitrogen and oxygen atoms in total. The van der Waals surface area contributed by atoms with Crippen LogP contribution in [0, 0.1) is 0 Å². The van der Waals surface area contributed by atoms with Crippen LogP contribution in [0.5, 0.6) is 0 Å². The Bertz CT molecular complexity index is 828. The van der Waals surface area contributed by atoms with Gasteiger partial charge in [-0.25, -0.2) is 4.79 Å². The van der Waals surface area contributed by atoms with E-state index in [1.807, 2.05) is 31.2 Å². The Balaban J connectivity index is 1.75. The zero-order chi connectivity index (χ0) is 17.8. The quantitative estimate of drug-likeness (QED) is 0.647. The van der Waals surface area contributed by atoms with E-state index in [-0.39, 0.29) is 11.5 Å². The fraction of sp³-hybridized carbons (Fsp3) is 0.211. The zero-order valence-electron chi connectivity index (χ0n) is 13.9. The maximum atomic E-state index is 11.8. The maximum Gasteiger partial charge on any atom is 0.337 e. The van der Waals surface area contributed by atoms with Crippen molar-refractivity contribution >= 4 is 29.0 Å². The first kappa shape index (κ1) is 16.7. The molecule has 1 aliphatic heterocycles. The van der Waals surface area contributed by atoms with Crippen molar-refractivity contribution in [1.82, 2.24) is 0 Å². The second kappa shape index (κ2) is 7.17. The molecule has 3 rings (SSSR count). The summed E-state index contributed by atoms with van der Waals surface area (Å²) in [6.45, 7) is 2.60. The lowest BCUT2D eigenvalue weighted by Gasteiger charge is -2.16. The van der Waals surface area contributed by atoms with Gasteiger partial charge in [-0.1, -0.05) is 24.3 Å². The summed E-state index contributed by atoms with van der Waals surface area (Å²) in [5.74, 6) is -0.847. The molecule has 0 bridgehead atoms. The van der Waals surface area contributed by atoms with Crippen molar-refractivity contribution in [3.8, 4) is 0 Å². The van der Waals surface area contributed by atoms with Gasteiger partial charge in [0.25, 0.3) is 0 Å². The number of para-hydroxylation sites is 1. The number of nitrogens with one attached hydrogen (secondary N) is 1. The van der Waals surface area contributed by atoms with Crippen LogP contribution in [0.4, 0.5) is 11.4 Å². The average molecular weight is 337 g/mol. The van der Waals surface area contributed by atoms with E-state index in [1.54, 1.807) is 23.1 Å². The largest absolute Gasteiger partial charge is 0.478 e. The van der Waals surface area contributed by atoms with Crippen LogP contribution in [0.2, 0.25) is 0 Å². The topological polar surface area (TPSA) is 82.0 Å². The minimum absolute atomic E-state index is 0.157. The molecule has 25 heavy (non-hydrogen) atoms. The molecule has 0 aliphatic carbocycles. The summed E-state index contributed by atoms with van der Waals surface area (Å²) >= 11 is 0. The minimum atomic E-state index is -1.00. The highest BCUT2D eigenvalue weighted by Crippen LogP contribution is 2.22. The highest BCUT2D eigenvalue weighted by atomic mass is 16.4. The van der Waals surface area contributed by atoms with Gasteiger partial charge in [-0.3, -0.25) is 10.2 Å². The Morgan fingerprint density at radius 1 is 1.16 bits per heavy atom. The molecule has 0 spiro atoms. The average Bonchev–Trinajstić information content (AvgIpc) is 3.06. The molecule has 128 valence electrons. The van der Waals surface area contributed by atoms with Crippen molar-refractivity contribution in [3.63, 3.8) is 0 Å². The molecule has 0 saturated carbocycles. The molecule has 2 aromatic rings. The summed E-state index contributed by atoms with van der Waals surface area (Å²) in [4.78, 5) is 24.8. The van der Waals surface area contributed by atoms with E-state index in [0.717, 1.165) is 29.9 Å². The number of anilines is 2. The lowest BCUT2D eigenvalue weighted by Crippen LogP contribution is -2.23. The van der Waals surface area contributed by atoms with Crippen LogP contribution in [0.25, 0.3) is 0 Å². The van der Waals surface area contributed by atoms with Gasteiger partial charge >= 0.3 is 5.97 Å². The summed E-state index contributed by atoms with van der Waals surface area (Å²) in [5, 5.41) is 13.5. The molecular weight excluding hydrogens is 318 g/mol. The number of hydrogen-bond acceptors (Lipinski definition) is 4. The molecule has 0 aromatic heterocycles. The van der Waals surface area contributed by atoms with E-state index in [1.165, 1.54) is 6.07 Å². The molecule has 0 unspecified atom stereocenters. The van der Waals surface area contributed by atoms with Gasteiger partial charge < -0.3 is 10.0 Å². The standard InChI is InChI=1S/C19H19N3O3/c1-13(20-21-17-6-3-2-5-16(17)19(24)25)14-8-10-15(11-9-14)22-12-4-7-18(22)23/h2-3,5-6,8-11,21H,4,7,12H2,1H3,(H,24,25)/b20-13-. The smallest absolute Gasteiger partial charge is 0.337 e. The Kier molecular flexibility index (Phi) is 4.79. The lowest BCUT2D eigenvalue weighted by molar-refractivity contribution is -0.117. The number of rotatable bonds is 5. The Hall–Kier alpha value is -3.15. The first-order chi connectivity index (χ1) is 12.1. The van der Waals surface area contributed by atoms with Crippen LogP contribution in [0.1, 0.15) is 35.7 Å². The number of carbonyl (C=O) groups excluding carboxylic acids is 1. The predicted octanol–water partition coefficient (Wildman–Crippen LogP) is 3.35. The third-order valence-electron chi connectivity index (χ3n) is 4.17. The van der Waals surface area contributed by atoms with Crippen LogP contribution >= 0.6 is 0 Å². The number of nitrogens with zero attached hydrogens (tertiary/aromatic N) is 2. The van der Waals surface area contributed by atoms with Gasteiger partial charge in [0.2, 0.25) is 5.91 Å². The van der Waals surface area contributed by atoms with Crippen LogP contribution < -0.4 is 10.3 Å². The van der Waals surface area contributed by atoms with Gasteiger partial charge in [0.05, 0.1) is 17.0 Å². The van der Waals surface area contributed by atoms with Crippen molar-refractivity contribution < 1.29 is 14.7 Å². The second-order valence-corrected chi connectivity index (χ2v) is 5.86. The third kappa shape index (κ3) is 3.68. The summed E-state index contributed by atoms with van der Waals surface area (Å²) in [7, 11) is 0. The molecule has 1 heterocycles. The fourth-order valence-corrected chi connectivity index (χ4v) is 2.78. The second-order valence-electron chi connectivity index (χ2n) is 5.86. The van der Waals surface area contributed by atoms with E-state index in [4.69, 9.17) is 0 Å². The molecule has 0 radical (unpaired) electrons. The predicted molar refractivity (Wildman–Crippen MR) is 97.3 cm³/mol. The van der Waals surface area contributed by atoms with Gasteiger partial charge in [0, 0.05) is 18.7 Å². The maximum absolute atomic E-state index is 11.8. The number of amides is 1. The zero-order valence-corrected chi connectivity index (χ0v) is 13.9. The molecule has 1 amide bonds. The van der Waals surface area contributed by atoms with Crippen LogP contribution in [0.3, 0.4) is 0 Å². The Morgan fingerprint density at radius 3 is 2.52 bits per heavy atom. The number of carboxylic acids is 1. The van der Waals surface area contributed by atoms with E-state index < -0.39 is 5.97 Å². The van der Waals surface area contributed by atoms with Crippen molar-refractivity contribution in [1.29, 1.82) is 0 Å². The van der Waals surface area contributed by atoms with Gasteiger partial charge in [-0.2, -0.15) is 5.10 Å². The number of benzene rings is 2. The number of hydrogen-bond donors (Lipinski definition) is 2. The molecule has 1 fully saturated rings. The molecule has 0 atom stereocenters. The Labute approximate surface area is 145 Å². The van der Waals surface area contributed by atoms with Crippen LogP contribution in [0.15, 0.2) is 53.6 Å². The Morgan fingerprint density at radius 2 is 1.88 bits per heavy atom. The fourth-order valence-electron chi connectivity index (χ4n) is 2.78. The molecule has 2 aromatic carbocycles. The van der Waals surface area contributed by atoms with Crippen molar-refractivity contribution in [3.05, 3.63) is 59.7 Å². The molecule has 1 saturated heterocycles. The SMILES string of the molecule is C/C(=N/Nc1ccccc1C(=O)O)c1ccc(N2CCCC2=O)cc1. The lowest BCUT2D eigenvalue weighted by atomic mass is 10.1. The molecule has 2 N–H and O–H groups in total. The summed E-state index contributed by atoms with van der Waals surface area (Å²) < 4.78 is 0. The monoisotopic (exact) mass is 337 g/mol. The van der Waals surface area contributed by atoms with Gasteiger partial charge in [-0.15, -0.1) is 0 Å². The van der Waals surface area contributed by atoms with Crippen LogP contribution in [-0.2, 0) is 4.79 Å². The van der Waals surface area contributed by atoms with Crippen molar-refractivity contribution in [2.24, 2.45) is 5.10 Å². The van der Waals surface area contributed by atoms with E-state index in [2.05, 4.69) is 10.5 Å². The summed E-state index contributed by atoms with van der Waals surface area (Å²) in [6, 6.07) is 14.2. The third-order valence-corrected chi connectivity index (χ3v) is 4.17. The number of carboxylic acid groups (broad SMARTS) is 1. The first-order valence-electron chi connectivity index (χ1n) is 8.09. The van der Waals surface area contributed by atoms with Crippen LogP contribution in [-0.4, -0.2) is 29.2 Å². The van der Waals surface area contributed by atoms with E-state index >= 15 is 0 Å². The number of carbonyl (C=O) groups is 2. The van der Waals surface area contributed by atoms with Gasteiger partial charge in [0.15, 0.2) is 0 Å². The molecule has 1 aliphatic rings. The first-order valence-corrected chi connectivity index (χ1v) is 8.09. The molecule has 6 heteroatoms. The highest BCUT2D eigenvalue weighted by Gasteiger charge is 2.21. The van der Waals surface area contributed by atoms with Gasteiger partial charge in [-0.05, 0) is 43.2 Å². The highest BCUT2D eigenvalue weighted by molar-refractivity contribution is 6.01. The van der Waals surface area contributed by atoms with Gasteiger partial charge in [0.1, 0.15) is 0 Å². The van der Waals surface area contributed by atoms with Crippen molar-refractivity contribution in [2.45, 2.75) is 19.8 Å². The van der Waals surface area contributed by atoms with E-state index in [9.17, 15) is 14.7 Å². The minimum Gasteiger partial charge on any atom is -0.478 e. The van der Waals surface area contributed by atoms with Crippen molar-refractivity contribution in [2.75, 3.05) is 16.9 Å². The summed E-state index contributed by atoms with van der Waals surface area (Å²) in [5.41, 5.74) is 5.93. The van der Waals surface area contributed by atoms with E-state index in [0.29, 0.717) is 12.1 Å². The number of aromatic carboxylic acids is 1.